The van der Waals surface area contributed by atoms with Crippen LogP contribution in [0.3, 0.4) is 0 Å². The van der Waals surface area contributed by atoms with E-state index in [1.54, 1.807) is 6.07 Å². The molecule has 1 N–H and O–H groups in total. The number of fused-ring (bicyclic) bond motifs is 3. The monoisotopic (exact) mass is 672 g/mol. The third kappa shape index (κ3) is 5.39. The molecule has 3 aliphatic rings. The molecule has 2 saturated heterocycles. The van der Waals surface area contributed by atoms with Crippen molar-refractivity contribution in [3.63, 3.8) is 0 Å². The number of ether oxygens (including phenoxy) is 2. The number of aromatic hydroxyl groups is 1. The smallest absolute Gasteiger partial charge is 0.271 e. The summed E-state index contributed by atoms with van der Waals surface area (Å²) in [6.45, 7) is 4.57. The largest absolute Gasteiger partial charge is 0.504 e. The lowest BCUT2D eigenvalue weighted by atomic mass is 9.69. The number of rotatable bonds is 9. The Bertz CT molecular complexity index is 1470. The van der Waals surface area contributed by atoms with Crippen molar-refractivity contribution in [2.24, 2.45) is 17.8 Å². The molecule has 4 atom stereocenters. The van der Waals surface area contributed by atoms with E-state index < -0.39 is 16.8 Å². The van der Waals surface area contributed by atoms with E-state index in [9.17, 15) is 24.8 Å². The molecule has 216 valence electrons. The number of non-ortho nitro benzene ring substituents is 1. The number of hydrogen-bond acceptors (Lipinski definition) is 7. The molecule has 2 aromatic rings. The summed E-state index contributed by atoms with van der Waals surface area (Å²) < 4.78 is 12.4. The summed E-state index contributed by atoms with van der Waals surface area (Å²) in [6, 6.07) is 9.46. The zero-order valence-electron chi connectivity index (χ0n) is 23.3. The molecule has 5 rings (SSSR count). The number of allylic oxidation sites excluding steroid dienone is 2. The molecular weight excluding hydrogens is 639 g/mol. The first-order valence-corrected chi connectivity index (χ1v) is 15.0. The van der Waals surface area contributed by atoms with Crippen molar-refractivity contribution in [1.29, 1.82) is 0 Å². The van der Waals surface area contributed by atoms with Crippen molar-refractivity contribution in [1.82, 2.24) is 0 Å². The van der Waals surface area contributed by atoms with Crippen molar-refractivity contribution in [2.75, 3.05) is 18.6 Å². The lowest BCUT2D eigenvalue weighted by molar-refractivity contribution is -0.384. The SMILES string of the molecule is CCC1=C2[C@@H](CC/C(=C/c3cc(I)c(O)c(OC)c3)CC)OC[C@@H]2[C@@H]2C(=O)N(c3cccc([N+](=O)[O-])c3)C(=O)[C@@H]2C1. The van der Waals surface area contributed by atoms with Crippen LogP contribution in [0.5, 0.6) is 11.5 Å². The van der Waals surface area contributed by atoms with Crippen molar-refractivity contribution in [2.45, 2.75) is 52.1 Å². The summed E-state index contributed by atoms with van der Waals surface area (Å²) in [5.74, 6) is -1.20. The van der Waals surface area contributed by atoms with E-state index in [0.29, 0.717) is 18.8 Å². The third-order valence-corrected chi connectivity index (χ3v) is 9.38. The lowest BCUT2D eigenvalue weighted by Gasteiger charge is -2.31. The Kier molecular flexibility index (Phi) is 8.51. The maximum Gasteiger partial charge on any atom is 0.271 e. The number of nitrogens with zero attached hydrogens (tertiary/aromatic N) is 2. The highest BCUT2D eigenvalue weighted by Crippen LogP contribution is 2.51. The molecule has 2 aliphatic heterocycles. The van der Waals surface area contributed by atoms with Crippen LogP contribution in [0.25, 0.3) is 6.08 Å². The van der Waals surface area contributed by atoms with E-state index in [1.165, 1.54) is 36.5 Å². The first-order valence-electron chi connectivity index (χ1n) is 13.9. The Balaban J connectivity index is 1.37. The highest BCUT2D eigenvalue weighted by molar-refractivity contribution is 14.1. The Morgan fingerprint density at radius 2 is 2.00 bits per heavy atom. The normalized spacial score (nSPS) is 24.1. The van der Waals surface area contributed by atoms with Gasteiger partial charge in [-0.15, -0.1) is 0 Å². The predicted octanol–water partition coefficient (Wildman–Crippen LogP) is 6.42. The van der Waals surface area contributed by atoms with Crippen molar-refractivity contribution >= 4 is 51.9 Å². The molecule has 10 heteroatoms. The van der Waals surface area contributed by atoms with Gasteiger partial charge in [-0.1, -0.05) is 37.1 Å². The van der Waals surface area contributed by atoms with Crippen LogP contribution in [-0.2, 0) is 14.3 Å². The first kappa shape index (κ1) is 29.2. The van der Waals surface area contributed by atoms with E-state index in [0.717, 1.165) is 45.3 Å². The van der Waals surface area contributed by atoms with Gasteiger partial charge in [0.2, 0.25) is 11.8 Å². The molecule has 41 heavy (non-hydrogen) atoms. The minimum atomic E-state index is -0.524. The van der Waals surface area contributed by atoms with E-state index in [4.69, 9.17) is 9.47 Å². The number of anilines is 1. The van der Waals surface area contributed by atoms with Gasteiger partial charge in [0, 0.05) is 18.1 Å². The number of methoxy groups -OCH3 is 1. The first-order chi connectivity index (χ1) is 19.7. The maximum absolute atomic E-state index is 13.7. The second kappa shape index (κ2) is 11.9. The minimum Gasteiger partial charge on any atom is -0.504 e. The quantitative estimate of drug-likeness (QED) is 0.107. The Labute approximate surface area is 252 Å². The van der Waals surface area contributed by atoms with E-state index >= 15 is 0 Å². The molecule has 0 bridgehead atoms. The molecule has 0 unspecified atom stereocenters. The standard InChI is InChI=1S/C31H33IN2O7/c1-4-17(11-18-12-24(32)29(35)26(13-18)40-3)9-10-25-27-19(5-2)14-22-28(23(27)16-41-25)31(37)33(30(22)36)20-7-6-8-21(15-20)34(38)39/h6-8,11-13,15,22-23,25,28,35H,4-5,9-10,14,16H2,1-3H3/b17-11+/t22-,23+,25-,28-/m1/s1. The van der Waals surface area contributed by atoms with Crippen LogP contribution in [-0.4, -0.2) is 41.7 Å². The predicted molar refractivity (Wildman–Crippen MR) is 163 cm³/mol. The molecule has 0 saturated carbocycles. The highest BCUT2D eigenvalue weighted by Gasteiger charge is 2.57. The van der Waals surface area contributed by atoms with Gasteiger partial charge in [0.25, 0.3) is 5.69 Å². The van der Waals surface area contributed by atoms with Crippen LogP contribution in [0, 0.1) is 31.4 Å². The lowest BCUT2D eigenvalue weighted by Crippen LogP contribution is -2.34. The van der Waals surface area contributed by atoms with Gasteiger partial charge in [-0.05, 0) is 84.0 Å². The average molecular weight is 673 g/mol. The number of phenolic OH excluding ortho intramolecular Hbond substituents is 1. The Hall–Kier alpha value is -3.25. The highest BCUT2D eigenvalue weighted by atomic mass is 127. The summed E-state index contributed by atoms with van der Waals surface area (Å²) >= 11 is 2.09. The third-order valence-electron chi connectivity index (χ3n) is 8.56. The number of nitro benzene ring substituents is 1. The van der Waals surface area contributed by atoms with Crippen LogP contribution in [0.1, 0.15) is 51.5 Å². The van der Waals surface area contributed by atoms with Crippen LogP contribution in [0.4, 0.5) is 11.4 Å². The second-order valence-corrected chi connectivity index (χ2v) is 11.9. The molecule has 0 radical (unpaired) electrons. The van der Waals surface area contributed by atoms with Gasteiger partial charge >= 0.3 is 0 Å². The van der Waals surface area contributed by atoms with Gasteiger partial charge < -0.3 is 14.6 Å². The molecule has 0 spiro atoms. The molecule has 2 heterocycles. The Morgan fingerprint density at radius 3 is 2.68 bits per heavy atom. The van der Waals surface area contributed by atoms with Gasteiger partial charge in [-0.3, -0.25) is 19.7 Å². The van der Waals surface area contributed by atoms with E-state index in [1.807, 2.05) is 12.1 Å². The second-order valence-electron chi connectivity index (χ2n) is 10.7. The van der Waals surface area contributed by atoms with E-state index in [-0.39, 0.29) is 41.0 Å². The van der Waals surface area contributed by atoms with Crippen molar-refractivity contribution in [3.05, 3.63) is 72.4 Å². The summed E-state index contributed by atoms with van der Waals surface area (Å²) in [5.41, 5.74) is 4.62. The maximum atomic E-state index is 13.7. The van der Waals surface area contributed by atoms with Crippen LogP contribution >= 0.6 is 22.6 Å². The van der Waals surface area contributed by atoms with Gasteiger partial charge in [0.1, 0.15) is 0 Å². The Morgan fingerprint density at radius 1 is 1.22 bits per heavy atom. The fourth-order valence-corrected chi connectivity index (χ4v) is 7.17. The zero-order valence-corrected chi connectivity index (χ0v) is 25.4. The topological polar surface area (TPSA) is 119 Å². The number of nitro groups is 1. The van der Waals surface area contributed by atoms with Gasteiger partial charge in [0.05, 0.1) is 45.8 Å². The van der Waals surface area contributed by atoms with Gasteiger partial charge in [-0.2, -0.15) is 0 Å². The summed E-state index contributed by atoms with van der Waals surface area (Å²) in [6.07, 6.45) is 5.68. The average Bonchev–Trinajstić information content (AvgIpc) is 3.50. The summed E-state index contributed by atoms with van der Waals surface area (Å²) in [7, 11) is 1.53. The van der Waals surface area contributed by atoms with Crippen LogP contribution < -0.4 is 9.64 Å². The van der Waals surface area contributed by atoms with E-state index in [2.05, 4.69) is 42.5 Å². The number of amides is 2. The van der Waals surface area contributed by atoms with Gasteiger partial charge in [0.15, 0.2) is 11.5 Å². The number of hydrogen-bond donors (Lipinski definition) is 1. The zero-order chi connectivity index (χ0) is 29.4. The molecular formula is C31H33IN2O7. The minimum absolute atomic E-state index is 0.130. The number of carbonyl (C=O) groups excluding carboxylic acids is 2. The molecule has 2 amide bonds. The number of halogens is 1. The van der Waals surface area contributed by atoms with Gasteiger partial charge in [-0.25, -0.2) is 4.90 Å². The molecule has 2 aromatic carbocycles. The van der Waals surface area contributed by atoms with Crippen molar-refractivity contribution in [3.8, 4) is 11.5 Å². The number of phenols is 1. The fraction of sp³-hybridized carbons (Fsp3) is 0.419. The fourth-order valence-electron chi connectivity index (χ4n) is 6.55. The number of imide groups is 1. The molecule has 2 fully saturated rings. The van der Waals surface area contributed by atoms with Crippen LogP contribution in [0.2, 0.25) is 0 Å². The van der Waals surface area contributed by atoms with Crippen LogP contribution in [0.15, 0.2) is 53.1 Å². The molecule has 1 aliphatic carbocycles. The van der Waals surface area contributed by atoms with Crippen molar-refractivity contribution < 1.29 is 29.1 Å². The number of carbonyl (C=O) groups is 2. The summed E-state index contributed by atoms with van der Waals surface area (Å²) in [4.78, 5) is 39.2. The summed E-state index contributed by atoms with van der Waals surface area (Å²) in [5, 5.41) is 21.5. The molecule has 9 nitrogen and oxygen atoms in total. The number of benzene rings is 2. The molecule has 0 aromatic heterocycles.